The molecule has 2 rings (SSSR count). The Morgan fingerprint density at radius 2 is 1.46 bits per heavy atom. The maximum Gasteiger partial charge on any atom is 0.320 e. The number of rotatable bonds is 15. The third-order valence-corrected chi connectivity index (χ3v) is 6.30. The molecule has 0 saturated heterocycles. The van der Waals surface area contributed by atoms with E-state index in [0.29, 0.717) is 16.2 Å². The molecule has 15 nitrogen and oxygen atoms in total. The quantitative estimate of drug-likeness (QED) is 0.0904. The topological polar surface area (TPSA) is 232 Å². The van der Waals surface area contributed by atoms with E-state index in [0.717, 1.165) is 12.2 Å². The molecule has 0 spiro atoms. The molecule has 256 valence electrons. The first-order valence-corrected chi connectivity index (χ1v) is 15.6. The summed E-state index contributed by atoms with van der Waals surface area (Å²) in [6.07, 6.45) is 2.43. The van der Waals surface area contributed by atoms with E-state index >= 15 is 0 Å². The second-order valence-electron chi connectivity index (χ2n) is 9.65. The number of amides is 7. The van der Waals surface area contributed by atoms with Crippen LogP contribution in [0.1, 0.15) is 59.9 Å². The minimum absolute atomic E-state index is 0.0476. The molecule has 0 saturated carbocycles. The lowest BCUT2D eigenvalue weighted by Crippen LogP contribution is -2.60. The number of hydrogen-bond donors (Lipinski definition) is 6. The van der Waals surface area contributed by atoms with Crippen LogP contribution in [0.5, 0.6) is 0 Å². The fourth-order valence-corrected chi connectivity index (χ4v) is 4.03. The van der Waals surface area contributed by atoms with Crippen molar-refractivity contribution >= 4 is 56.2 Å². The number of primary amides is 1. The van der Waals surface area contributed by atoms with Gasteiger partial charge in [0.25, 0.3) is 11.8 Å². The Morgan fingerprint density at radius 3 is 1.93 bits per heavy atom. The van der Waals surface area contributed by atoms with Crippen molar-refractivity contribution in [3.05, 3.63) is 42.0 Å². The predicted molar refractivity (Wildman–Crippen MR) is 177 cm³/mol. The van der Waals surface area contributed by atoms with E-state index < -0.39 is 65.3 Å². The summed E-state index contributed by atoms with van der Waals surface area (Å²) in [7, 11) is 1.90. The number of carbonyl (C=O) groups is 7. The molecule has 1 aromatic carbocycles. The fraction of sp³-hybridized carbons (Fsp3) is 0.500. The van der Waals surface area contributed by atoms with Crippen LogP contribution in [0.15, 0.2) is 36.4 Å². The van der Waals surface area contributed by atoms with Crippen LogP contribution >= 0.6 is 9.24 Å². The zero-order chi connectivity index (χ0) is 35.4. The summed E-state index contributed by atoms with van der Waals surface area (Å²) in [5.74, 6) is -3.93. The first-order chi connectivity index (χ1) is 21.8. The Bertz CT molecular complexity index is 1210. The molecule has 0 fully saturated rings. The molecule has 1 heterocycles. The number of urea groups is 1. The normalized spacial score (nSPS) is 13.6. The molecular formula is C30H48N7O8P. The van der Waals surface area contributed by atoms with Crippen LogP contribution < -0.4 is 32.7 Å². The van der Waals surface area contributed by atoms with Gasteiger partial charge in [-0.2, -0.15) is 0 Å². The van der Waals surface area contributed by atoms with Gasteiger partial charge in [-0.25, -0.2) is 9.59 Å². The Hall–Kier alpha value is -4.36. The molecule has 1 aromatic rings. The predicted octanol–water partition coefficient (Wildman–Crippen LogP) is 1.52. The van der Waals surface area contributed by atoms with Crippen LogP contribution in [0.2, 0.25) is 0 Å². The molecule has 1 aliphatic rings. The number of hydrogen-bond acceptors (Lipinski definition) is 9. The van der Waals surface area contributed by atoms with E-state index in [1.54, 1.807) is 38.1 Å². The summed E-state index contributed by atoms with van der Waals surface area (Å²) in [5, 5.41) is 10.3. The average Bonchev–Trinajstić information content (AvgIpc) is 3.36. The van der Waals surface area contributed by atoms with Crippen molar-refractivity contribution in [3.8, 4) is 0 Å². The van der Waals surface area contributed by atoms with E-state index in [1.807, 2.05) is 36.9 Å². The van der Waals surface area contributed by atoms with Crippen LogP contribution in [0.4, 0.5) is 15.3 Å². The highest BCUT2D eigenvalue weighted by molar-refractivity contribution is 7.39. The SMILES string of the molecule is CC.CC.CC(C)C(NC(=O)C(CN)N1C(=O)C=CC1=O)C(=O)NC(CCCNC(N)=O)C(=O)Nc1ccc(COC(=O)P)cc1. The van der Waals surface area contributed by atoms with Crippen molar-refractivity contribution in [2.24, 2.45) is 17.4 Å². The highest BCUT2D eigenvalue weighted by atomic mass is 31.0. The van der Waals surface area contributed by atoms with E-state index in [4.69, 9.17) is 16.2 Å². The van der Waals surface area contributed by atoms with E-state index in [9.17, 15) is 33.6 Å². The largest absolute Gasteiger partial charge is 0.458 e. The Kier molecular flexibility index (Phi) is 20.1. The maximum absolute atomic E-state index is 13.3. The fourth-order valence-electron chi connectivity index (χ4n) is 3.95. The van der Waals surface area contributed by atoms with Crippen LogP contribution in [-0.4, -0.2) is 77.4 Å². The number of anilines is 1. The summed E-state index contributed by atoms with van der Waals surface area (Å²) < 4.78 is 4.91. The van der Waals surface area contributed by atoms with Gasteiger partial charge in [-0.05, 0) is 45.7 Å². The molecule has 0 aromatic heterocycles. The van der Waals surface area contributed by atoms with Gasteiger partial charge in [-0.15, -0.1) is 0 Å². The Labute approximate surface area is 272 Å². The van der Waals surface area contributed by atoms with Crippen LogP contribution in [0.25, 0.3) is 0 Å². The minimum Gasteiger partial charge on any atom is -0.458 e. The first-order valence-electron chi connectivity index (χ1n) is 15.0. The summed E-state index contributed by atoms with van der Waals surface area (Å²) in [5.41, 5.74) is 11.4. The van der Waals surface area contributed by atoms with Gasteiger partial charge in [0, 0.05) is 30.9 Å². The van der Waals surface area contributed by atoms with Crippen molar-refractivity contribution in [3.63, 3.8) is 0 Å². The summed E-state index contributed by atoms with van der Waals surface area (Å²) in [6.45, 7) is 11.2. The highest BCUT2D eigenvalue weighted by Crippen LogP contribution is 2.14. The second kappa shape index (κ2) is 22.2. The molecule has 0 aliphatic carbocycles. The Morgan fingerprint density at radius 1 is 0.891 bits per heavy atom. The molecule has 4 atom stereocenters. The summed E-state index contributed by atoms with van der Waals surface area (Å²) >= 11 is 0. The van der Waals surface area contributed by atoms with Gasteiger partial charge >= 0.3 is 11.7 Å². The molecule has 16 heteroatoms. The standard InChI is InChI=1S/C26H36N7O8P.2C2H6/c1-14(2)21(32-23(37)18(12-27)33-19(34)9-10-20(33)35)24(38)31-17(4-3-11-29-25(28)39)22(36)30-16-7-5-15(6-8-16)13-41-26(40)42;2*1-2/h5-10,14,17-18,21H,3-4,11-13,27,42H2,1-2H3,(H,30,36)(H,31,38)(H,32,37)(H3,28,29,39);2*1-2H3. The zero-order valence-electron chi connectivity index (χ0n) is 27.3. The van der Waals surface area contributed by atoms with Crippen molar-refractivity contribution in [2.75, 3.05) is 18.4 Å². The lowest BCUT2D eigenvalue weighted by Gasteiger charge is -2.29. The Balaban J connectivity index is 0.00000486. The number of nitrogens with one attached hydrogen (secondary N) is 4. The van der Waals surface area contributed by atoms with E-state index in [2.05, 4.69) is 21.3 Å². The molecule has 0 bridgehead atoms. The molecule has 8 N–H and O–H groups in total. The third kappa shape index (κ3) is 14.2. The van der Waals surface area contributed by atoms with Crippen molar-refractivity contribution in [1.29, 1.82) is 0 Å². The molecule has 0 radical (unpaired) electrons. The van der Waals surface area contributed by atoms with Gasteiger partial charge in [-0.3, -0.25) is 28.9 Å². The number of benzene rings is 1. The van der Waals surface area contributed by atoms with Crippen LogP contribution in [0.3, 0.4) is 0 Å². The minimum atomic E-state index is -1.34. The lowest BCUT2D eigenvalue weighted by atomic mass is 10.0. The molecule has 1 aliphatic heterocycles. The average molecular weight is 666 g/mol. The van der Waals surface area contributed by atoms with Gasteiger partial charge in [-0.1, -0.05) is 53.7 Å². The van der Waals surface area contributed by atoms with Gasteiger partial charge in [0.05, 0.1) is 0 Å². The maximum atomic E-state index is 13.3. The van der Waals surface area contributed by atoms with Crippen LogP contribution in [-0.2, 0) is 35.3 Å². The number of ether oxygens (including phenoxy) is 1. The van der Waals surface area contributed by atoms with E-state index in [-0.39, 0.29) is 32.5 Å². The molecule has 46 heavy (non-hydrogen) atoms. The first kappa shape index (κ1) is 41.6. The van der Waals surface area contributed by atoms with Crippen LogP contribution in [0, 0.1) is 5.92 Å². The van der Waals surface area contributed by atoms with Crippen molar-refractivity contribution in [1.82, 2.24) is 20.9 Å². The molecule has 7 amide bonds. The van der Waals surface area contributed by atoms with Gasteiger partial charge < -0.3 is 37.5 Å². The van der Waals surface area contributed by atoms with Gasteiger partial charge in [0.15, 0.2) is 0 Å². The number of nitrogens with two attached hydrogens (primary N) is 2. The second-order valence-corrected chi connectivity index (χ2v) is 10.1. The molecular weight excluding hydrogens is 617 g/mol. The number of carbonyl (C=O) groups excluding carboxylic acids is 7. The zero-order valence-corrected chi connectivity index (χ0v) is 28.4. The highest BCUT2D eigenvalue weighted by Gasteiger charge is 2.37. The number of nitrogens with zero attached hydrogens (tertiary/aromatic N) is 1. The smallest absolute Gasteiger partial charge is 0.320 e. The van der Waals surface area contributed by atoms with Crippen molar-refractivity contribution < 1.29 is 38.3 Å². The molecule has 4 unspecified atom stereocenters. The monoisotopic (exact) mass is 665 g/mol. The number of imide groups is 1. The van der Waals surface area contributed by atoms with Gasteiger partial charge in [0.2, 0.25) is 17.7 Å². The summed E-state index contributed by atoms with van der Waals surface area (Å²) in [6, 6.07) is 2.18. The third-order valence-electron chi connectivity index (χ3n) is 6.13. The van der Waals surface area contributed by atoms with Gasteiger partial charge in [0.1, 0.15) is 24.7 Å². The van der Waals surface area contributed by atoms with Crippen molar-refractivity contribution in [2.45, 2.75) is 79.1 Å². The van der Waals surface area contributed by atoms with E-state index in [1.165, 1.54) is 0 Å². The lowest BCUT2D eigenvalue weighted by molar-refractivity contribution is -0.145. The summed E-state index contributed by atoms with van der Waals surface area (Å²) in [4.78, 5) is 86.4.